The Morgan fingerprint density at radius 2 is 1.24 bits per heavy atom. The second-order valence-electron chi connectivity index (χ2n) is 5.72. The van der Waals surface area contributed by atoms with Gasteiger partial charge >= 0.3 is 7.60 Å². The summed E-state index contributed by atoms with van der Waals surface area (Å²) < 4.78 is 40.5. The van der Waals surface area contributed by atoms with E-state index < -0.39 is 19.2 Å². The van der Waals surface area contributed by atoms with Gasteiger partial charge < -0.3 is 14.4 Å². The maximum Gasteiger partial charge on any atom is 0.356 e. The summed E-state index contributed by atoms with van der Waals surface area (Å²) in [4.78, 5) is 18.5. The van der Waals surface area contributed by atoms with Crippen molar-refractivity contribution in [2.45, 2.75) is 0 Å². The molecule has 0 fully saturated rings. The van der Waals surface area contributed by atoms with Gasteiger partial charge in [0.25, 0.3) is 0 Å². The lowest BCUT2D eigenvalue weighted by Crippen LogP contribution is -2.04. The van der Waals surface area contributed by atoms with E-state index in [2.05, 4.69) is 0 Å². The molecule has 0 saturated heterocycles. The van der Waals surface area contributed by atoms with E-state index in [1.54, 1.807) is 16.7 Å². The Balaban J connectivity index is 2.06. The average Bonchev–Trinajstić information content (AvgIpc) is 2.86. The maximum absolute atomic E-state index is 13.8. The van der Waals surface area contributed by atoms with Crippen LogP contribution in [-0.2, 0) is 4.57 Å². The van der Waals surface area contributed by atoms with Gasteiger partial charge in [0.2, 0.25) is 0 Å². The maximum atomic E-state index is 13.8. The predicted molar refractivity (Wildman–Crippen MR) is 92.4 cm³/mol. The van der Waals surface area contributed by atoms with Crippen LogP contribution >= 0.6 is 7.60 Å². The lowest BCUT2D eigenvalue weighted by molar-refractivity contribution is 0.387. The molecule has 4 aromatic rings. The molecule has 7 heteroatoms. The van der Waals surface area contributed by atoms with Gasteiger partial charge in [0.15, 0.2) is 0 Å². The average molecular weight is 359 g/mol. The van der Waals surface area contributed by atoms with Crippen molar-refractivity contribution in [3.8, 4) is 5.69 Å². The Hall–Kier alpha value is -2.53. The van der Waals surface area contributed by atoms with Crippen LogP contribution in [0, 0.1) is 11.6 Å². The minimum atomic E-state index is -4.36. The first-order valence-corrected chi connectivity index (χ1v) is 9.01. The van der Waals surface area contributed by atoms with Crippen LogP contribution in [0.25, 0.3) is 27.5 Å². The van der Waals surface area contributed by atoms with Crippen LogP contribution in [-0.4, -0.2) is 14.4 Å². The molecule has 4 nitrogen and oxygen atoms in total. The number of aromatic nitrogens is 1. The Labute approximate surface area is 141 Å². The molecular weight excluding hydrogens is 347 g/mol. The molecule has 0 amide bonds. The SMILES string of the molecule is O=P(O)(O)c1ccc(-n2c3cc(F)ccc3c3ccc(F)cc32)cc1. The second-order valence-corrected chi connectivity index (χ2v) is 7.32. The molecular formula is C18H12F2NO3P. The molecule has 4 rings (SSSR count). The van der Waals surface area contributed by atoms with Crippen molar-refractivity contribution < 1.29 is 23.1 Å². The molecule has 0 aliphatic rings. The first kappa shape index (κ1) is 16.0. The van der Waals surface area contributed by atoms with Crippen molar-refractivity contribution in [2.75, 3.05) is 0 Å². The molecule has 0 unspecified atom stereocenters. The van der Waals surface area contributed by atoms with Gasteiger partial charge in [-0.05, 0) is 60.7 Å². The molecule has 0 bridgehead atoms. The highest BCUT2D eigenvalue weighted by Crippen LogP contribution is 2.35. The molecule has 1 aromatic heterocycles. The normalized spacial score (nSPS) is 12.2. The van der Waals surface area contributed by atoms with Crippen LogP contribution in [0.4, 0.5) is 8.78 Å². The van der Waals surface area contributed by atoms with E-state index in [0.29, 0.717) is 16.7 Å². The summed E-state index contributed by atoms with van der Waals surface area (Å²) in [5.74, 6) is -0.854. The van der Waals surface area contributed by atoms with E-state index in [1.165, 1.54) is 48.5 Å². The molecule has 3 aromatic carbocycles. The fourth-order valence-electron chi connectivity index (χ4n) is 3.04. The van der Waals surface area contributed by atoms with Crippen molar-refractivity contribution >= 4 is 34.7 Å². The summed E-state index contributed by atoms with van der Waals surface area (Å²) >= 11 is 0. The molecule has 0 atom stereocenters. The molecule has 126 valence electrons. The highest BCUT2D eigenvalue weighted by atomic mass is 31.2. The lowest BCUT2D eigenvalue weighted by atomic mass is 10.1. The first-order valence-electron chi connectivity index (χ1n) is 7.40. The molecule has 2 N–H and O–H groups in total. The summed E-state index contributed by atoms with van der Waals surface area (Å²) in [6.07, 6.45) is 0. The lowest BCUT2D eigenvalue weighted by Gasteiger charge is -2.10. The van der Waals surface area contributed by atoms with E-state index in [1.807, 2.05) is 0 Å². The van der Waals surface area contributed by atoms with Crippen LogP contribution in [0.15, 0.2) is 60.7 Å². The molecule has 0 radical (unpaired) electrons. The number of halogens is 2. The van der Waals surface area contributed by atoms with Gasteiger partial charge in [-0.1, -0.05) is 0 Å². The standard InChI is InChI=1S/C18H12F2NO3P/c19-11-1-7-15-16-8-2-12(20)10-18(16)21(17(15)9-11)13-3-5-14(6-4-13)25(22,23)24/h1-10H,(H2,22,23,24). The van der Waals surface area contributed by atoms with Crippen molar-refractivity contribution in [3.63, 3.8) is 0 Å². The zero-order valence-corrected chi connectivity index (χ0v) is 13.6. The zero-order chi connectivity index (χ0) is 17.8. The fraction of sp³-hybridized carbons (Fsp3) is 0. The topological polar surface area (TPSA) is 62.5 Å². The van der Waals surface area contributed by atoms with Gasteiger partial charge in [-0.15, -0.1) is 0 Å². The van der Waals surface area contributed by atoms with E-state index in [9.17, 15) is 23.1 Å². The van der Waals surface area contributed by atoms with Crippen molar-refractivity contribution in [2.24, 2.45) is 0 Å². The second kappa shape index (κ2) is 5.49. The third kappa shape index (κ3) is 2.65. The van der Waals surface area contributed by atoms with E-state index in [4.69, 9.17) is 0 Å². The Morgan fingerprint density at radius 3 is 1.68 bits per heavy atom. The minimum Gasteiger partial charge on any atom is -0.321 e. The van der Waals surface area contributed by atoms with Crippen molar-refractivity contribution in [1.82, 2.24) is 4.57 Å². The predicted octanol–water partition coefficient (Wildman–Crippen LogP) is 3.86. The van der Waals surface area contributed by atoms with E-state index in [-0.39, 0.29) is 5.30 Å². The minimum absolute atomic E-state index is 0.116. The van der Waals surface area contributed by atoms with Crippen LogP contribution < -0.4 is 5.30 Å². The molecule has 0 aliphatic carbocycles. The number of fused-ring (bicyclic) bond motifs is 3. The van der Waals surface area contributed by atoms with Crippen LogP contribution in [0.1, 0.15) is 0 Å². The summed E-state index contributed by atoms with van der Waals surface area (Å²) in [6, 6.07) is 14.3. The largest absolute Gasteiger partial charge is 0.356 e. The molecule has 0 saturated carbocycles. The number of rotatable bonds is 2. The van der Waals surface area contributed by atoms with Crippen LogP contribution in [0.5, 0.6) is 0 Å². The quantitative estimate of drug-likeness (QED) is 0.534. The number of hydrogen-bond acceptors (Lipinski definition) is 1. The molecule has 0 spiro atoms. The van der Waals surface area contributed by atoms with E-state index in [0.717, 1.165) is 10.8 Å². The zero-order valence-electron chi connectivity index (χ0n) is 12.7. The summed E-state index contributed by atoms with van der Waals surface area (Å²) in [5, 5.41) is 1.40. The first-order chi connectivity index (χ1) is 11.8. The Bertz CT molecular complexity index is 1100. The van der Waals surface area contributed by atoms with Gasteiger partial charge in [-0.3, -0.25) is 4.57 Å². The van der Waals surface area contributed by atoms with Gasteiger partial charge in [-0.25, -0.2) is 8.78 Å². The molecule has 0 aliphatic heterocycles. The van der Waals surface area contributed by atoms with Gasteiger partial charge in [0.05, 0.1) is 16.3 Å². The van der Waals surface area contributed by atoms with Crippen LogP contribution in [0.3, 0.4) is 0 Å². The monoisotopic (exact) mass is 359 g/mol. The Kier molecular flexibility index (Phi) is 3.51. The van der Waals surface area contributed by atoms with Gasteiger partial charge in [0.1, 0.15) is 11.6 Å². The third-order valence-corrected chi connectivity index (χ3v) is 5.11. The number of benzene rings is 3. The fourth-order valence-corrected chi connectivity index (χ4v) is 3.58. The van der Waals surface area contributed by atoms with Crippen LogP contribution in [0.2, 0.25) is 0 Å². The smallest absolute Gasteiger partial charge is 0.321 e. The summed E-state index contributed by atoms with van der Waals surface area (Å²) in [6.45, 7) is 0. The molecule has 1 heterocycles. The number of hydrogen-bond donors (Lipinski definition) is 2. The molecule has 25 heavy (non-hydrogen) atoms. The van der Waals surface area contributed by atoms with E-state index >= 15 is 0 Å². The summed E-state index contributed by atoms with van der Waals surface area (Å²) in [7, 11) is -4.36. The van der Waals surface area contributed by atoms with Crippen molar-refractivity contribution in [3.05, 3.63) is 72.3 Å². The van der Waals surface area contributed by atoms with Gasteiger partial charge in [0, 0.05) is 16.5 Å². The summed E-state index contributed by atoms with van der Waals surface area (Å²) in [5.41, 5.74) is 1.64. The highest BCUT2D eigenvalue weighted by molar-refractivity contribution is 7.60. The number of nitrogens with zero attached hydrogens (tertiary/aromatic N) is 1. The van der Waals surface area contributed by atoms with Crippen molar-refractivity contribution in [1.29, 1.82) is 0 Å². The van der Waals surface area contributed by atoms with Gasteiger partial charge in [-0.2, -0.15) is 0 Å². The highest BCUT2D eigenvalue weighted by Gasteiger charge is 2.18. The third-order valence-electron chi connectivity index (χ3n) is 4.14. The Morgan fingerprint density at radius 1 is 0.760 bits per heavy atom.